The molecule has 0 atom stereocenters. The molecule has 7 heterocycles. The van der Waals surface area contributed by atoms with Crippen molar-refractivity contribution in [1.29, 1.82) is 0 Å². The van der Waals surface area contributed by atoms with Crippen molar-refractivity contribution < 1.29 is 57.2 Å². The molecule has 0 bridgehead atoms. The number of pyridine rings is 3. The second-order valence-electron chi connectivity index (χ2n) is 19.4. The van der Waals surface area contributed by atoms with Crippen LogP contribution in [-0.2, 0) is 48.1 Å². The summed E-state index contributed by atoms with van der Waals surface area (Å²) in [7, 11) is 0. The summed E-state index contributed by atoms with van der Waals surface area (Å²) in [5, 5.41) is 0. The van der Waals surface area contributed by atoms with Crippen LogP contribution in [0.4, 0.5) is 0 Å². The number of hydrogen-bond acceptors (Lipinski definition) is 21. The van der Waals surface area contributed by atoms with Crippen LogP contribution < -0.4 is 0 Å². The van der Waals surface area contributed by atoms with Gasteiger partial charge in [-0.3, -0.25) is 14.7 Å². The number of thiophene rings is 3. The summed E-state index contributed by atoms with van der Waals surface area (Å²) in [5.74, 6) is -2.91. The fraction of sp³-hybridized carbons (Fsp3) is 0.450. The Hall–Kier alpha value is -6.75. The first-order valence-corrected chi connectivity index (χ1v) is 29.8. The third kappa shape index (κ3) is 14.8. The summed E-state index contributed by atoms with van der Waals surface area (Å²) in [5.41, 5.74) is 9.53. The second kappa shape index (κ2) is 28.3. The van der Waals surface area contributed by atoms with Gasteiger partial charge in [0.1, 0.15) is 31.7 Å². The van der Waals surface area contributed by atoms with E-state index in [1.54, 1.807) is 59.7 Å². The molecule has 0 saturated carbocycles. The van der Waals surface area contributed by atoms with Crippen molar-refractivity contribution in [1.82, 2.24) is 29.7 Å². The first kappa shape index (κ1) is 61.9. The molecule has 1 saturated heterocycles. The predicted octanol–water partition coefficient (Wildman–Crippen LogP) is 10.8. The minimum atomic E-state index is -0.567. The van der Waals surface area contributed by atoms with Crippen LogP contribution in [0.3, 0.4) is 0 Å². The molecule has 6 aromatic rings. The molecule has 432 valence electrons. The zero-order valence-corrected chi connectivity index (χ0v) is 50.8. The minimum Gasteiger partial charge on any atom is -0.462 e. The summed E-state index contributed by atoms with van der Waals surface area (Å²) in [6, 6.07) is 11.0. The quantitative estimate of drug-likeness (QED) is 0.0485. The van der Waals surface area contributed by atoms with Gasteiger partial charge in [-0.2, -0.15) is 0 Å². The number of hydrogen-bond donors (Lipinski definition) is 0. The maximum atomic E-state index is 13.5. The molecule has 6 aromatic heterocycles. The van der Waals surface area contributed by atoms with Gasteiger partial charge in [0.05, 0.1) is 56.7 Å². The van der Waals surface area contributed by atoms with Crippen molar-refractivity contribution in [3.63, 3.8) is 0 Å². The number of esters is 6. The van der Waals surface area contributed by atoms with Crippen molar-refractivity contribution in [3.05, 3.63) is 119 Å². The standard InChI is InChI=1S/C60H72N6O12S3/c1-13-73-55(67)46-28-40(49-34(7)37(10)52(79-49)58(70)76-16-4)25-43(61-46)31-64-19-21-65(32-44-26-41(29-47(62-44)56(68)74-14-2)50-35(8)38(11)53(80-50)59(71)77-17-5)23-24-66(22-20-64)33-45-27-42(30-48(63-45)57(69)75-15-3)51-36(9)39(12)54(81-51)60(72)78-18-6/h25-30H,13-24,31-33H2,1-12H3. The highest BCUT2D eigenvalue weighted by atomic mass is 32.1. The minimum absolute atomic E-state index is 0.142. The third-order valence-corrected chi connectivity index (χ3v) is 18.2. The van der Waals surface area contributed by atoms with Gasteiger partial charge >= 0.3 is 35.8 Å². The zero-order chi connectivity index (χ0) is 58.7. The van der Waals surface area contributed by atoms with Crippen molar-refractivity contribution in [2.75, 3.05) is 78.9 Å². The number of ether oxygens (including phenoxy) is 6. The molecule has 0 aliphatic carbocycles. The Morgan fingerprint density at radius 1 is 0.358 bits per heavy atom. The first-order chi connectivity index (χ1) is 38.8. The normalized spacial score (nSPS) is 13.5. The van der Waals surface area contributed by atoms with E-state index in [0.29, 0.717) is 90.6 Å². The molecule has 81 heavy (non-hydrogen) atoms. The van der Waals surface area contributed by atoms with E-state index in [1.165, 1.54) is 34.0 Å². The molecule has 0 amide bonds. The Bertz CT molecular complexity index is 2960. The van der Waals surface area contributed by atoms with E-state index >= 15 is 0 Å². The lowest BCUT2D eigenvalue weighted by Gasteiger charge is -2.26. The van der Waals surface area contributed by atoms with Gasteiger partial charge in [-0.15, -0.1) is 34.0 Å². The summed E-state index contributed by atoms with van der Waals surface area (Å²) < 4.78 is 32.7. The molecule has 21 heteroatoms. The molecule has 7 rings (SSSR count). The van der Waals surface area contributed by atoms with E-state index in [9.17, 15) is 28.8 Å². The van der Waals surface area contributed by atoms with Crippen molar-refractivity contribution in [3.8, 4) is 31.3 Å². The van der Waals surface area contributed by atoms with Crippen molar-refractivity contribution in [2.45, 2.75) is 103 Å². The van der Waals surface area contributed by atoms with Crippen LogP contribution in [0.5, 0.6) is 0 Å². The summed E-state index contributed by atoms with van der Waals surface area (Å²) >= 11 is 3.95. The average Bonchev–Trinajstić information content (AvgIpc) is 4.22. The molecule has 0 spiro atoms. The maximum Gasteiger partial charge on any atom is 0.356 e. The Labute approximate surface area is 485 Å². The van der Waals surface area contributed by atoms with Crippen LogP contribution in [0.2, 0.25) is 0 Å². The van der Waals surface area contributed by atoms with Gasteiger partial charge in [-0.05, 0) is 170 Å². The monoisotopic (exact) mass is 1160 g/mol. The average molecular weight is 1170 g/mol. The number of rotatable bonds is 21. The van der Waals surface area contributed by atoms with Gasteiger partial charge in [0.15, 0.2) is 0 Å². The van der Waals surface area contributed by atoms with Crippen LogP contribution in [0.1, 0.15) is 152 Å². The fourth-order valence-corrected chi connectivity index (χ4v) is 13.0. The molecule has 1 aliphatic rings. The Kier molecular flexibility index (Phi) is 21.6. The lowest BCUT2D eigenvalue weighted by molar-refractivity contribution is 0.0509. The molecular formula is C60H72N6O12S3. The highest BCUT2D eigenvalue weighted by Crippen LogP contribution is 2.40. The summed E-state index contributed by atoms with van der Waals surface area (Å²) in [6.07, 6.45) is 0. The highest BCUT2D eigenvalue weighted by Gasteiger charge is 2.28. The topological polar surface area (TPSA) is 206 Å². The largest absolute Gasteiger partial charge is 0.462 e. The summed E-state index contributed by atoms with van der Waals surface area (Å²) in [6.45, 7) is 27.5. The SMILES string of the molecule is CCOC(=O)c1cc(-c2sc(C(=O)OCC)c(C)c2C)cc(CN2CCN(Cc3cc(-c4sc(C(=O)OCC)c(C)c4C)cc(C(=O)OCC)n3)CCN(Cc3cc(-c4sc(C(=O)OCC)c(C)c4C)cc(C(=O)OCC)n3)CC2)n1. The van der Waals surface area contributed by atoms with Crippen LogP contribution in [-0.4, -0.2) is 144 Å². The Balaban J connectivity index is 1.30. The van der Waals surface area contributed by atoms with Crippen LogP contribution in [0.15, 0.2) is 36.4 Å². The smallest absolute Gasteiger partial charge is 0.356 e. The van der Waals surface area contributed by atoms with Gasteiger partial charge in [-0.1, -0.05) is 0 Å². The van der Waals surface area contributed by atoms with E-state index in [2.05, 4.69) is 14.7 Å². The lowest BCUT2D eigenvalue weighted by atomic mass is 10.1. The predicted molar refractivity (Wildman–Crippen MR) is 313 cm³/mol. The van der Waals surface area contributed by atoms with Crippen LogP contribution in [0, 0.1) is 41.5 Å². The van der Waals surface area contributed by atoms with Gasteiger partial charge in [-0.25, -0.2) is 43.7 Å². The molecule has 0 N–H and O–H groups in total. The molecule has 0 aromatic carbocycles. The number of carbonyl (C=O) groups is 6. The molecule has 0 unspecified atom stereocenters. The van der Waals surface area contributed by atoms with Gasteiger partial charge in [0.25, 0.3) is 0 Å². The van der Waals surface area contributed by atoms with E-state index in [-0.39, 0.29) is 56.7 Å². The number of carbonyl (C=O) groups excluding carboxylic acids is 6. The molecule has 1 fully saturated rings. The fourth-order valence-electron chi connectivity index (χ4n) is 9.46. The van der Waals surface area contributed by atoms with Crippen molar-refractivity contribution >= 4 is 69.8 Å². The van der Waals surface area contributed by atoms with Gasteiger partial charge < -0.3 is 28.4 Å². The van der Waals surface area contributed by atoms with Crippen LogP contribution >= 0.6 is 34.0 Å². The van der Waals surface area contributed by atoms with E-state index in [4.69, 9.17) is 43.4 Å². The van der Waals surface area contributed by atoms with E-state index in [0.717, 1.165) is 64.7 Å². The highest BCUT2D eigenvalue weighted by molar-refractivity contribution is 7.18. The number of nitrogens with zero attached hydrogens (tertiary/aromatic N) is 6. The maximum absolute atomic E-state index is 13.5. The first-order valence-electron chi connectivity index (χ1n) is 27.4. The number of aromatic nitrogens is 3. The second-order valence-corrected chi connectivity index (χ2v) is 22.4. The molecule has 18 nitrogen and oxygen atoms in total. The Morgan fingerprint density at radius 3 is 0.802 bits per heavy atom. The lowest BCUT2D eigenvalue weighted by Crippen LogP contribution is -2.36. The van der Waals surface area contributed by atoms with E-state index in [1.807, 2.05) is 59.7 Å². The Morgan fingerprint density at radius 2 is 0.580 bits per heavy atom. The molecule has 0 radical (unpaired) electrons. The van der Waals surface area contributed by atoms with Gasteiger partial charge in [0, 0.05) is 73.5 Å². The third-order valence-electron chi connectivity index (χ3n) is 14.0. The molecular weight excluding hydrogens is 1090 g/mol. The molecule has 1 aliphatic heterocycles. The van der Waals surface area contributed by atoms with E-state index < -0.39 is 35.8 Å². The van der Waals surface area contributed by atoms with Crippen molar-refractivity contribution in [2.24, 2.45) is 0 Å². The van der Waals surface area contributed by atoms with Crippen LogP contribution in [0.25, 0.3) is 31.3 Å². The zero-order valence-electron chi connectivity index (χ0n) is 48.4. The van der Waals surface area contributed by atoms with Gasteiger partial charge in [0.2, 0.25) is 0 Å². The summed E-state index contributed by atoms with van der Waals surface area (Å²) in [4.78, 5) is 105.